The highest BCUT2D eigenvalue weighted by Crippen LogP contribution is 2.17. The van der Waals surface area contributed by atoms with Gasteiger partial charge in [0.15, 0.2) is 5.13 Å². The Hall–Kier alpha value is -2.21. The number of thiazole rings is 1. The smallest absolute Gasteiger partial charge is 0.257 e. The molecule has 0 unspecified atom stereocenters. The summed E-state index contributed by atoms with van der Waals surface area (Å²) in [6.45, 7) is 3.78. The molecule has 6 heteroatoms. The molecular weight excluding hydrogens is 260 g/mol. The molecule has 0 aliphatic rings. The largest absolute Gasteiger partial charge is 0.342 e. The normalized spacial score (nSPS) is 10.8. The Balaban J connectivity index is 1.88. The van der Waals surface area contributed by atoms with Gasteiger partial charge >= 0.3 is 0 Å². The molecule has 0 saturated carbocycles. The summed E-state index contributed by atoms with van der Waals surface area (Å²) in [7, 11) is 0. The molecule has 0 aliphatic heterocycles. The third-order valence-corrected chi connectivity index (χ3v) is 3.58. The Kier molecular flexibility index (Phi) is 2.79. The van der Waals surface area contributed by atoms with Crippen LogP contribution in [0.15, 0.2) is 23.6 Å². The molecule has 0 aliphatic carbocycles. The number of hydrogen-bond acceptors (Lipinski definition) is 4. The van der Waals surface area contributed by atoms with E-state index in [1.54, 1.807) is 12.1 Å². The molecule has 2 N–H and O–H groups in total. The number of anilines is 1. The van der Waals surface area contributed by atoms with Gasteiger partial charge in [-0.25, -0.2) is 9.97 Å². The summed E-state index contributed by atoms with van der Waals surface area (Å²) in [5.74, 6) is 0.673. The monoisotopic (exact) mass is 272 g/mol. The highest BCUT2D eigenvalue weighted by Gasteiger charge is 2.10. The molecule has 3 rings (SSSR count). The summed E-state index contributed by atoms with van der Waals surface area (Å²) in [5.41, 5.74) is 3.21. The number of rotatable bonds is 2. The van der Waals surface area contributed by atoms with Gasteiger partial charge in [-0.05, 0) is 32.0 Å². The SMILES string of the molecule is Cc1csc(NC(=O)c2ccc3nc(C)[nH]c3c2)n1. The summed E-state index contributed by atoms with van der Waals surface area (Å²) in [6.07, 6.45) is 0. The van der Waals surface area contributed by atoms with Gasteiger partial charge in [-0.2, -0.15) is 0 Å². The maximum absolute atomic E-state index is 12.1. The van der Waals surface area contributed by atoms with Crippen LogP contribution in [0.3, 0.4) is 0 Å². The number of hydrogen-bond donors (Lipinski definition) is 2. The Morgan fingerprint density at radius 2 is 2.16 bits per heavy atom. The Morgan fingerprint density at radius 3 is 2.89 bits per heavy atom. The zero-order chi connectivity index (χ0) is 13.4. The number of imidazole rings is 1. The molecule has 0 atom stereocenters. The average molecular weight is 272 g/mol. The summed E-state index contributed by atoms with van der Waals surface area (Å²) in [4.78, 5) is 23.7. The van der Waals surface area contributed by atoms with Crippen molar-refractivity contribution in [3.8, 4) is 0 Å². The van der Waals surface area contributed by atoms with Gasteiger partial charge in [0.1, 0.15) is 5.82 Å². The molecule has 0 saturated heterocycles. The van der Waals surface area contributed by atoms with Crippen molar-refractivity contribution >= 4 is 33.4 Å². The van der Waals surface area contributed by atoms with Crippen LogP contribution in [0, 0.1) is 13.8 Å². The molecule has 1 amide bonds. The van der Waals surface area contributed by atoms with Gasteiger partial charge in [-0.1, -0.05) is 0 Å². The molecule has 0 bridgehead atoms. The van der Waals surface area contributed by atoms with Gasteiger partial charge in [0.25, 0.3) is 5.91 Å². The third kappa shape index (κ3) is 2.34. The highest BCUT2D eigenvalue weighted by atomic mass is 32.1. The van der Waals surface area contributed by atoms with Crippen LogP contribution < -0.4 is 5.32 Å². The Labute approximate surface area is 113 Å². The Bertz CT molecular complexity index is 759. The van der Waals surface area contributed by atoms with Crippen LogP contribution >= 0.6 is 11.3 Å². The van der Waals surface area contributed by atoms with E-state index in [0.717, 1.165) is 22.6 Å². The molecule has 96 valence electrons. The van der Waals surface area contributed by atoms with Crippen LogP contribution in [-0.4, -0.2) is 20.9 Å². The predicted octanol–water partition coefficient (Wildman–Crippen LogP) is 2.89. The van der Waals surface area contributed by atoms with Gasteiger partial charge in [0, 0.05) is 10.9 Å². The quantitative estimate of drug-likeness (QED) is 0.753. The van der Waals surface area contributed by atoms with Gasteiger partial charge in [0.2, 0.25) is 0 Å². The second-order valence-corrected chi connectivity index (χ2v) is 5.16. The fourth-order valence-electron chi connectivity index (χ4n) is 1.86. The number of aromatic nitrogens is 3. The number of benzene rings is 1. The van der Waals surface area contributed by atoms with Crippen molar-refractivity contribution in [1.82, 2.24) is 15.0 Å². The van der Waals surface area contributed by atoms with Crippen molar-refractivity contribution in [2.24, 2.45) is 0 Å². The summed E-state index contributed by atoms with van der Waals surface area (Å²) < 4.78 is 0. The van der Waals surface area contributed by atoms with Crippen LogP contribution in [0.5, 0.6) is 0 Å². The van der Waals surface area contributed by atoms with E-state index >= 15 is 0 Å². The lowest BCUT2D eigenvalue weighted by molar-refractivity contribution is 0.102. The zero-order valence-electron chi connectivity index (χ0n) is 10.5. The fourth-order valence-corrected chi connectivity index (χ4v) is 2.54. The number of aromatic amines is 1. The van der Waals surface area contributed by atoms with Gasteiger partial charge < -0.3 is 4.98 Å². The van der Waals surface area contributed by atoms with Crippen LogP contribution in [0.4, 0.5) is 5.13 Å². The summed E-state index contributed by atoms with van der Waals surface area (Å²) >= 11 is 1.42. The van der Waals surface area contributed by atoms with Crippen molar-refractivity contribution < 1.29 is 4.79 Å². The number of H-pyrrole nitrogens is 1. The third-order valence-electron chi connectivity index (χ3n) is 2.70. The average Bonchev–Trinajstić information content (AvgIpc) is 2.93. The van der Waals surface area contributed by atoms with E-state index in [2.05, 4.69) is 20.3 Å². The van der Waals surface area contributed by atoms with Gasteiger partial charge in [-0.15, -0.1) is 11.3 Å². The minimum absolute atomic E-state index is 0.163. The summed E-state index contributed by atoms with van der Waals surface area (Å²) in [6, 6.07) is 5.39. The van der Waals surface area contributed by atoms with Crippen molar-refractivity contribution in [3.63, 3.8) is 0 Å². The second-order valence-electron chi connectivity index (χ2n) is 4.30. The first-order valence-electron chi connectivity index (χ1n) is 5.82. The van der Waals surface area contributed by atoms with Crippen molar-refractivity contribution in [1.29, 1.82) is 0 Å². The molecule has 2 heterocycles. The number of aryl methyl sites for hydroxylation is 2. The van der Waals surface area contributed by atoms with E-state index in [4.69, 9.17) is 0 Å². The number of amides is 1. The number of carbonyl (C=O) groups excluding carboxylic acids is 1. The molecule has 2 aromatic heterocycles. The minimum atomic E-state index is -0.163. The van der Waals surface area contributed by atoms with Crippen molar-refractivity contribution in [2.45, 2.75) is 13.8 Å². The second kappa shape index (κ2) is 4.47. The van der Waals surface area contributed by atoms with E-state index in [1.165, 1.54) is 11.3 Å². The number of nitrogens with one attached hydrogen (secondary N) is 2. The first-order valence-corrected chi connectivity index (χ1v) is 6.69. The van der Waals surface area contributed by atoms with Gasteiger partial charge in [-0.3, -0.25) is 10.1 Å². The lowest BCUT2D eigenvalue weighted by Gasteiger charge is -2.01. The van der Waals surface area contributed by atoms with Crippen molar-refractivity contribution in [2.75, 3.05) is 5.32 Å². The Morgan fingerprint density at radius 1 is 1.32 bits per heavy atom. The van der Waals surface area contributed by atoms with E-state index in [-0.39, 0.29) is 5.91 Å². The maximum Gasteiger partial charge on any atom is 0.257 e. The fraction of sp³-hybridized carbons (Fsp3) is 0.154. The minimum Gasteiger partial charge on any atom is -0.342 e. The molecule has 1 aromatic carbocycles. The van der Waals surface area contributed by atoms with Gasteiger partial charge in [0.05, 0.1) is 16.7 Å². The molecule has 0 fully saturated rings. The molecule has 3 aromatic rings. The molecule has 19 heavy (non-hydrogen) atoms. The first-order chi connectivity index (χ1) is 9.11. The van der Waals surface area contributed by atoms with Crippen LogP contribution in [-0.2, 0) is 0 Å². The lowest BCUT2D eigenvalue weighted by atomic mass is 10.2. The van der Waals surface area contributed by atoms with Crippen LogP contribution in [0.1, 0.15) is 21.9 Å². The van der Waals surface area contributed by atoms with E-state index in [0.29, 0.717) is 10.7 Å². The molecule has 5 nitrogen and oxygen atoms in total. The standard InChI is InChI=1S/C13H12N4OS/c1-7-6-19-13(14-7)17-12(18)9-3-4-10-11(5-9)16-8(2)15-10/h3-6H,1-2H3,(H,15,16)(H,14,17,18). The first kappa shape index (κ1) is 11.9. The number of nitrogens with zero attached hydrogens (tertiary/aromatic N) is 2. The highest BCUT2D eigenvalue weighted by molar-refractivity contribution is 7.13. The number of carbonyl (C=O) groups is 1. The summed E-state index contributed by atoms with van der Waals surface area (Å²) in [5, 5.41) is 5.30. The zero-order valence-corrected chi connectivity index (χ0v) is 11.3. The number of fused-ring (bicyclic) bond motifs is 1. The van der Waals surface area contributed by atoms with Crippen molar-refractivity contribution in [3.05, 3.63) is 40.7 Å². The van der Waals surface area contributed by atoms with Crippen LogP contribution in [0.25, 0.3) is 11.0 Å². The molecular formula is C13H12N4OS. The van der Waals surface area contributed by atoms with Crippen LogP contribution in [0.2, 0.25) is 0 Å². The van der Waals surface area contributed by atoms with E-state index in [9.17, 15) is 4.79 Å². The molecule has 0 radical (unpaired) electrons. The molecule has 0 spiro atoms. The predicted molar refractivity (Wildman–Crippen MR) is 75.6 cm³/mol. The lowest BCUT2D eigenvalue weighted by Crippen LogP contribution is -2.11. The topological polar surface area (TPSA) is 70.7 Å². The van der Waals surface area contributed by atoms with E-state index in [1.807, 2.05) is 25.3 Å². The van der Waals surface area contributed by atoms with E-state index < -0.39 is 0 Å². The maximum atomic E-state index is 12.1.